The lowest BCUT2D eigenvalue weighted by atomic mass is 9.92. The Bertz CT molecular complexity index is 430. The topological polar surface area (TPSA) is 49.3 Å². The number of halogens is 2. The van der Waals surface area contributed by atoms with Crippen molar-refractivity contribution in [2.45, 2.75) is 37.8 Å². The van der Waals surface area contributed by atoms with Gasteiger partial charge in [0.1, 0.15) is 0 Å². The van der Waals surface area contributed by atoms with E-state index >= 15 is 0 Å². The van der Waals surface area contributed by atoms with Crippen LogP contribution in [0, 0.1) is 0 Å². The lowest BCUT2D eigenvalue weighted by Crippen LogP contribution is -2.45. The average Bonchev–Trinajstić information content (AvgIpc) is 2.32. The molecule has 1 aromatic carbocycles. The highest BCUT2D eigenvalue weighted by Crippen LogP contribution is 2.25. The summed E-state index contributed by atoms with van der Waals surface area (Å²) in [6.07, 6.45) is 3.04. The van der Waals surface area contributed by atoms with Gasteiger partial charge in [0, 0.05) is 0 Å². The van der Waals surface area contributed by atoms with Crippen LogP contribution in [0.15, 0.2) is 18.2 Å². The fourth-order valence-corrected chi connectivity index (χ4v) is 2.80. The fourth-order valence-electron chi connectivity index (χ4n) is 2.23. The average molecular weight is 288 g/mol. The molecule has 0 aliphatic heterocycles. The smallest absolute Gasteiger partial charge is 0.254 e. The molecule has 2 N–H and O–H groups in total. The zero-order chi connectivity index (χ0) is 13.1. The van der Waals surface area contributed by atoms with Gasteiger partial charge in [-0.05, 0) is 25.0 Å². The fraction of sp³-hybridized carbons (Fsp3) is 0.462. The summed E-state index contributed by atoms with van der Waals surface area (Å²) in [5, 5.41) is 13.3. The van der Waals surface area contributed by atoms with E-state index < -0.39 is 6.10 Å². The van der Waals surface area contributed by atoms with E-state index in [4.69, 9.17) is 23.2 Å². The Morgan fingerprint density at radius 1 is 1.22 bits per heavy atom. The van der Waals surface area contributed by atoms with E-state index in [1.54, 1.807) is 18.2 Å². The van der Waals surface area contributed by atoms with E-state index in [1.807, 2.05) is 0 Å². The Labute approximate surface area is 116 Å². The van der Waals surface area contributed by atoms with Crippen molar-refractivity contribution in [1.82, 2.24) is 5.32 Å². The molecular weight excluding hydrogens is 273 g/mol. The highest BCUT2D eigenvalue weighted by Gasteiger charge is 2.26. The van der Waals surface area contributed by atoms with Gasteiger partial charge in [-0.2, -0.15) is 0 Å². The second-order valence-corrected chi connectivity index (χ2v) is 5.34. The molecule has 0 radical (unpaired) electrons. The number of carbonyl (C=O) groups is 1. The summed E-state index contributed by atoms with van der Waals surface area (Å²) in [5.74, 6) is -0.323. The minimum Gasteiger partial charge on any atom is -0.391 e. The molecule has 1 aliphatic carbocycles. The van der Waals surface area contributed by atoms with Gasteiger partial charge in [-0.3, -0.25) is 4.79 Å². The third kappa shape index (κ3) is 2.97. The largest absolute Gasteiger partial charge is 0.391 e. The first kappa shape index (κ1) is 13.7. The number of carbonyl (C=O) groups excluding carboxylic acids is 1. The van der Waals surface area contributed by atoms with Gasteiger partial charge >= 0.3 is 0 Å². The van der Waals surface area contributed by atoms with Crippen LogP contribution in [0.5, 0.6) is 0 Å². The molecule has 5 heteroatoms. The zero-order valence-corrected chi connectivity index (χ0v) is 11.3. The van der Waals surface area contributed by atoms with Crippen molar-refractivity contribution >= 4 is 29.1 Å². The maximum absolute atomic E-state index is 12.1. The summed E-state index contributed by atoms with van der Waals surface area (Å²) in [6, 6.07) is 4.73. The normalized spacial score (nSPS) is 23.7. The first-order valence-corrected chi connectivity index (χ1v) is 6.78. The van der Waals surface area contributed by atoms with Gasteiger partial charge in [0.05, 0.1) is 27.8 Å². The number of amides is 1. The molecule has 1 saturated carbocycles. The van der Waals surface area contributed by atoms with Crippen LogP contribution in [0.2, 0.25) is 10.0 Å². The molecule has 2 rings (SSSR count). The van der Waals surface area contributed by atoms with Crippen LogP contribution >= 0.6 is 23.2 Å². The molecule has 18 heavy (non-hydrogen) atoms. The Hall–Kier alpha value is -0.770. The Morgan fingerprint density at radius 3 is 2.44 bits per heavy atom. The lowest BCUT2D eigenvalue weighted by molar-refractivity contribution is 0.0717. The van der Waals surface area contributed by atoms with Crippen molar-refractivity contribution in [3.63, 3.8) is 0 Å². The monoisotopic (exact) mass is 287 g/mol. The number of rotatable bonds is 2. The molecule has 0 spiro atoms. The summed E-state index contributed by atoms with van der Waals surface area (Å²) in [5.41, 5.74) is 0.276. The van der Waals surface area contributed by atoms with E-state index in [1.165, 1.54) is 0 Å². The molecule has 0 aromatic heterocycles. The predicted molar refractivity (Wildman–Crippen MR) is 72.2 cm³/mol. The highest BCUT2D eigenvalue weighted by molar-refractivity contribution is 6.39. The minimum absolute atomic E-state index is 0.210. The highest BCUT2D eigenvalue weighted by atomic mass is 35.5. The molecule has 0 saturated heterocycles. The second kappa shape index (κ2) is 5.91. The van der Waals surface area contributed by atoms with Gasteiger partial charge in [-0.15, -0.1) is 0 Å². The van der Waals surface area contributed by atoms with Crippen molar-refractivity contribution in [2.75, 3.05) is 0 Å². The van der Waals surface area contributed by atoms with Crippen molar-refractivity contribution in [2.24, 2.45) is 0 Å². The molecule has 3 nitrogen and oxygen atoms in total. The maximum Gasteiger partial charge on any atom is 0.254 e. The molecule has 1 fully saturated rings. The predicted octanol–water partition coefficient (Wildman–Crippen LogP) is 3.03. The Morgan fingerprint density at radius 2 is 1.83 bits per heavy atom. The Kier molecular flexibility index (Phi) is 4.49. The van der Waals surface area contributed by atoms with Crippen LogP contribution < -0.4 is 5.32 Å². The molecule has 1 aliphatic rings. The Balaban J connectivity index is 2.12. The van der Waals surface area contributed by atoms with Gasteiger partial charge in [0.15, 0.2) is 0 Å². The van der Waals surface area contributed by atoms with Gasteiger partial charge in [-0.1, -0.05) is 42.1 Å². The summed E-state index contributed by atoms with van der Waals surface area (Å²) < 4.78 is 0. The van der Waals surface area contributed by atoms with Gasteiger partial charge in [-0.25, -0.2) is 0 Å². The van der Waals surface area contributed by atoms with E-state index in [0.29, 0.717) is 10.0 Å². The molecule has 2 unspecified atom stereocenters. The summed E-state index contributed by atoms with van der Waals surface area (Å²) in [6.45, 7) is 0. The SMILES string of the molecule is O=C(NC1CCCCC1O)c1c(Cl)cccc1Cl. The standard InChI is InChI=1S/C13H15Cl2NO2/c14-8-4-3-5-9(15)12(8)13(18)16-10-6-1-2-7-11(10)17/h3-5,10-11,17H,1-2,6-7H2,(H,16,18). The number of hydrogen-bond acceptors (Lipinski definition) is 2. The third-order valence-corrected chi connectivity index (χ3v) is 3.87. The van der Waals surface area contributed by atoms with Crippen molar-refractivity contribution in [1.29, 1.82) is 0 Å². The first-order chi connectivity index (χ1) is 8.59. The van der Waals surface area contributed by atoms with Crippen LogP contribution in [0.3, 0.4) is 0 Å². The molecule has 0 bridgehead atoms. The summed E-state index contributed by atoms with van der Waals surface area (Å²) in [4.78, 5) is 12.1. The van der Waals surface area contributed by atoms with Gasteiger partial charge in [0.2, 0.25) is 0 Å². The lowest BCUT2D eigenvalue weighted by Gasteiger charge is -2.28. The quantitative estimate of drug-likeness (QED) is 0.878. The number of hydrogen-bond donors (Lipinski definition) is 2. The van der Waals surface area contributed by atoms with Crippen LogP contribution in [0.4, 0.5) is 0 Å². The first-order valence-electron chi connectivity index (χ1n) is 6.02. The number of benzene rings is 1. The molecule has 1 aromatic rings. The number of aliphatic hydroxyl groups is 1. The minimum atomic E-state index is -0.482. The maximum atomic E-state index is 12.1. The van der Waals surface area contributed by atoms with Crippen molar-refractivity contribution in [3.8, 4) is 0 Å². The van der Waals surface area contributed by atoms with Crippen molar-refractivity contribution < 1.29 is 9.90 Å². The number of nitrogens with one attached hydrogen (secondary N) is 1. The molecule has 98 valence electrons. The van der Waals surface area contributed by atoms with Gasteiger partial charge < -0.3 is 10.4 Å². The van der Waals surface area contributed by atoms with E-state index in [-0.39, 0.29) is 17.5 Å². The van der Waals surface area contributed by atoms with Crippen LogP contribution in [-0.2, 0) is 0 Å². The summed E-state index contributed by atoms with van der Waals surface area (Å²) in [7, 11) is 0. The van der Waals surface area contributed by atoms with E-state index in [0.717, 1.165) is 25.7 Å². The van der Waals surface area contributed by atoms with Crippen molar-refractivity contribution in [3.05, 3.63) is 33.8 Å². The molecule has 1 amide bonds. The molecular formula is C13H15Cl2NO2. The number of aliphatic hydroxyl groups excluding tert-OH is 1. The van der Waals surface area contributed by atoms with E-state index in [9.17, 15) is 9.90 Å². The molecule has 2 atom stereocenters. The summed E-state index contributed by atoms with van der Waals surface area (Å²) >= 11 is 11.9. The third-order valence-electron chi connectivity index (χ3n) is 3.24. The second-order valence-electron chi connectivity index (χ2n) is 4.53. The zero-order valence-electron chi connectivity index (χ0n) is 9.83. The van der Waals surface area contributed by atoms with Crippen LogP contribution in [0.25, 0.3) is 0 Å². The van der Waals surface area contributed by atoms with Gasteiger partial charge in [0.25, 0.3) is 5.91 Å². The molecule has 0 heterocycles. The van der Waals surface area contributed by atoms with Crippen LogP contribution in [0.1, 0.15) is 36.0 Å². The van der Waals surface area contributed by atoms with Crippen LogP contribution in [-0.4, -0.2) is 23.2 Å². The van der Waals surface area contributed by atoms with E-state index in [2.05, 4.69) is 5.32 Å².